The Balaban J connectivity index is 1.23. The third-order valence-corrected chi connectivity index (χ3v) is 6.64. The van der Waals surface area contributed by atoms with Crippen molar-refractivity contribution >= 4 is 23.2 Å². The quantitative estimate of drug-likeness (QED) is 0.395. The summed E-state index contributed by atoms with van der Waals surface area (Å²) >= 11 is 1.29. The number of thiophene rings is 1. The molecule has 0 bridgehead atoms. The van der Waals surface area contributed by atoms with E-state index in [-0.39, 0.29) is 0 Å². The van der Waals surface area contributed by atoms with Crippen LogP contribution in [0.5, 0.6) is 11.5 Å². The molecule has 4 aromatic rings. The molecule has 9 heteroatoms. The van der Waals surface area contributed by atoms with Crippen LogP contribution in [0.4, 0.5) is 0 Å². The molecular formula is C26H23N3O5S. The molecule has 0 saturated heterocycles. The molecule has 1 aliphatic rings. The Kier molecular flexibility index (Phi) is 6.49. The number of esters is 1. The first-order valence-electron chi connectivity index (χ1n) is 11.1. The van der Waals surface area contributed by atoms with Gasteiger partial charge in [0.2, 0.25) is 0 Å². The molecule has 1 unspecified atom stereocenters. The normalized spacial score (nSPS) is 13.2. The highest BCUT2D eigenvalue weighted by Crippen LogP contribution is 2.37. The Morgan fingerprint density at radius 1 is 1.09 bits per heavy atom. The Morgan fingerprint density at radius 2 is 1.89 bits per heavy atom. The summed E-state index contributed by atoms with van der Waals surface area (Å²) in [5.74, 6) is 1.10. The predicted octanol–water partition coefficient (Wildman–Crippen LogP) is 3.98. The molecule has 5 rings (SSSR count). The topological polar surface area (TPSA) is 91.7 Å². The van der Waals surface area contributed by atoms with Crippen LogP contribution in [0.15, 0.2) is 73.1 Å². The van der Waals surface area contributed by atoms with Gasteiger partial charge in [0.1, 0.15) is 30.0 Å². The van der Waals surface area contributed by atoms with Crippen LogP contribution in [-0.2, 0) is 16.6 Å². The van der Waals surface area contributed by atoms with Gasteiger partial charge in [-0.2, -0.15) is 0 Å². The maximum atomic E-state index is 12.7. The first-order valence-corrected chi connectivity index (χ1v) is 11.9. The van der Waals surface area contributed by atoms with E-state index in [0.29, 0.717) is 35.4 Å². The van der Waals surface area contributed by atoms with Gasteiger partial charge in [-0.05, 0) is 41.5 Å². The highest BCUT2D eigenvalue weighted by Gasteiger charge is 2.22. The lowest BCUT2D eigenvalue weighted by molar-refractivity contribution is -0.124. The molecule has 1 atom stereocenters. The third-order valence-electron chi connectivity index (χ3n) is 5.52. The maximum absolute atomic E-state index is 12.7. The van der Waals surface area contributed by atoms with E-state index in [1.165, 1.54) is 11.3 Å². The van der Waals surface area contributed by atoms with Crippen molar-refractivity contribution < 1.29 is 23.8 Å². The second-order valence-corrected chi connectivity index (χ2v) is 8.99. The standard InChI is InChI=1S/C26H23N3O5S/c1-29-12-11-27-25(29)24(17-5-3-2-4-6-17)28-23(30)16-34-26(31)22-10-9-21(35-22)18-7-8-19-20(15-18)33-14-13-32-19/h2-12,15,24H,13-14,16H2,1H3,(H,28,30). The number of aromatic nitrogens is 2. The zero-order valence-corrected chi connectivity index (χ0v) is 19.8. The summed E-state index contributed by atoms with van der Waals surface area (Å²) in [4.78, 5) is 31.0. The van der Waals surface area contributed by atoms with Gasteiger partial charge in [0.05, 0.1) is 0 Å². The number of aryl methyl sites for hydroxylation is 1. The average Bonchev–Trinajstić information content (AvgIpc) is 3.56. The molecule has 35 heavy (non-hydrogen) atoms. The molecule has 8 nitrogen and oxygen atoms in total. The van der Waals surface area contributed by atoms with Crippen molar-refractivity contribution in [2.75, 3.05) is 19.8 Å². The van der Waals surface area contributed by atoms with Crippen molar-refractivity contribution in [3.8, 4) is 21.9 Å². The van der Waals surface area contributed by atoms with E-state index in [9.17, 15) is 9.59 Å². The summed E-state index contributed by atoms with van der Waals surface area (Å²) in [5, 5.41) is 2.92. The SMILES string of the molecule is Cn1ccnc1C(NC(=O)COC(=O)c1ccc(-c2ccc3c(c2)OCCO3)s1)c1ccccc1. The zero-order chi connectivity index (χ0) is 24.2. The van der Waals surface area contributed by atoms with Crippen molar-refractivity contribution in [2.24, 2.45) is 7.05 Å². The third kappa shape index (κ3) is 5.04. The number of rotatable bonds is 7. The molecule has 0 saturated carbocycles. The summed E-state index contributed by atoms with van der Waals surface area (Å²) in [6.07, 6.45) is 3.49. The number of amides is 1. The van der Waals surface area contributed by atoms with Crippen LogP contribution in [0, 0.1) is 0 Å². The van der Waals surface area contributed by atoms with E-state index in [4.69, 9.17) is 14.2 Å². The van der Waals surface area contributed by atoms with Gasteiger partial charge >= 0.3 is 5.97 Å². The fraction of sp³-hybridized carbons (Fsp3) is 0.192. The van der Waals surface area contributed by atoms with Crippen molar-refractivity contribution in [1.29, 1.82) is 0 Å². The number of carbonyl (C=O) groups excluding carboxylic acids is 2. The minimum Gasteiger partial charge on any atom is -0.486 e. The first kappa shape index (κ1) is 22.7. The van der Waals surface area contributed by atoms with Gasteiger partial charge in [-0.3, -0.25) is 4.79 Å². The van der Waals surface area contributed by atoms with Crippen LogP contribution in [0.25, 0.3) is 10.4 Å². The molecule has 1 aliphatic heterocycles. The molecular weight excluding hydrogens is 466 g/mol. The molecule has 1 amide bonds. The summed E-state index contributed by atoms with van der Waals surface area (Å²) in [7, 11) is 1.86. The van der Waals surface area contributed by atoms with Crippen molar-refractivity contribution in [3.63, 3.8) is 0 Å². The Labute approximate surface area is 206 Å². The summed E-state index contributed by atoms with van der Waals surface area (Å²) in [6, 6.07) is 18.3. The largest absolute Gasteiger partial charge is 0.486 e. The molecule has 2 aromatic heterocycles. The van der Waals surface area contributed by atoms with Crippen LogP contribution in [-0.4, -0.2) is 41.2 Å². The summed E-state index contributed by atoms with van der Waals surface area (Å²) in [5.41, 5.74) is 1.79. The van der Waals surface area contributed by atoms with Gasteiger partial charge in [0, 0.05) is 24.3 Å². The van der Waals surface area contributed by atoms with Gasteiger partial charge in [0.25, 0.3) is 5.91 Å². The van der Waals surface area contributed by atoms with Gasteiger partial charge in [-0.1, -0.05) is 30.3 Å². The van der Waals surface area contributed by atoms with Gasteiger partial charge in [0.15, 0.2) is 18.1 Å². The van der Waals surface area contributed by atoms with Gasteiger partial charge < -0.3 is 24.1 Å². The minimum absolute atomic E-state index is 0.399. The first-order chi connectivity index (χ1) is 17.1. The number of fused-ring (bicyclic) bond motifs is 1. The smallest absolute Gasteiger partial charge is 0.348 e. The monoisotopic (exact) mass is 489 g/mol. The molecule has 1 N–H and O–H groups in total. The van der Waals surface area contributed by atoms with Crippen LogP contribution in [0.3, 0.4) is 0 Å². The number of ether oxygens (including phenoxy) is 3. The molecule has 0 fully saturated rings. The second-order valence-electron chi connectivity index (χ2n) is 7.91. The number of hydrogen-bond donors (Lipinski definition) is 1. The van der Waals surface area contributed by atoms with E-state index in [0.717, 1.165) is 16.0 Å². The maximum Gasteiger partial charge on any atom is 0.348 e. The van der Waals surface area contributed by atoms with E-state index in [2.05, 4.69) is 10.3 Å². The lowest BCUT2D eigenvalue weighted by Crippen LogP contribution is -2.34. The average molecular weight is 490 g/mol. The van der Waals surface area contributed by atoms with Gasteiger partial charge in [-0.15, -0.1) is 11.3 Å². The van der Waals surface area contributed by atoms with Crippen LogP contribution < -0.4 is 14.8 Å². The number of benzene rings is 2. The molecule has 178 valence electrons. The fourth-order valence-electron chi connectivity index (χ4n) is 3.80. The van der Waals surface area contributed by atoms with E-state index >= 15 is 0 Å². The van der Waals surface area contributed by atoms with Crippen molar-refractivity contribution in [3.05, 3.63) is 89.3 Å². The number of hydrogen-bond acceptors (Lipinski definition) is 7. The van der Waals surface area contributed by atoms with E-state index < -0.39 is 24.5 Å². The highest BCUT2D eigenvalue weighted by atomic mass is 32.1. The predicted molar refractivity (Wildman–Crippen MR) is 131 cm³/mol. The fourth-order valence-corrected chi connectivity index (χ4v) is 4.70. The highest BCUT2D eigenvalue weighted by molar-refractivity contribution is 7.17. The molecule has 0 radical (unpaired) electrons. The van der Waals surface area contributed by atoms with Crippen LogP contribution in [0.1, 0.15) is 27.1 Å². The van der Waals surface area contributed by atoms with E-state index in [1.54, 1.807) is 12.3 Å². The Hall–Kier alpha value is -4.11. The van der Waals surface area contributed by atoms with Crippen LogP contribution in [0.2, 0.25) is 0 Å². The Morgan fingerprint density at radius 3 is 2.66 bits per heavy atom. The Bertz CT molecular complexity index is 1350. The van der Waals surface area contributed by atoms with E-state index in [1.807, 2.05) is 72.4 Å². The second kappa shape index (κ2) is 10.0. The number of nitrogens with zero attached hydrogens (tertiary/aromatic N) is 2. The summed E-state index contributed by atoms with van der Waals surface area (Å²) in [6.45, 7) is 0.637. The minimum atomic E-state index is -0.554. The molecule has 0 aliphatic carbocycles. The van der Waals surface area contributed by atoms with Crippen molar-refractivity contribution in [1.82, 2.24) is 14.9 Å². The lowest BCUT2D eigenvalue weighted by Gasteiger charge is -2.19. The number of nitrogens with one attached hydrogen (secondary N) is 1. The number of carbonyl (C=O) groups is 2. The van der Waals surface area contributed by atoms with Crippen molar-refractivity contribution in [2.45, 2.75) is 6.04 Å². The molecule has 0 spiro atoms. The summed E-state index contributed by atoms with van der Waals surface area (Å²) < 4.78 is 18.3. The molecule has 3 heterocycles. The molecule has 2 aromatic carbocycles. The number of imidazole rings is 1. The van der Waals surface area contributed by atoms with Gasteiger partial charge in [-0.25, -0.2) is 9.78 Å². The zero-order valence-electron chi connectivity index (χ0n) is 19.0. The van der Waals surface area contributed by atoms with Crippen LogP contribution >= 0.6 is 11.3 Å². The lowest BCUT2D eigenvalue weighted by atomic mass is 10.1.